The van der Waals surface area contributed by atoms with Gasteiger partial charge in [0.05, 0.1) is 27.0 Å². The topological polar surface area (TPSA) is 66.5 Å². The van der Waals surface area contributed by atoms with Crippen LogP contribution in [0.3, 0.4) is 0 Å². The normalized spacial score (nSPS) is 16.6. The van der Waals surface area contributed by atoms with Gasteiger partial charge in [0.25, 0.3) is 5.91 Å². The van der Waals surface area contributed by atoms with Crippen molar-refractivity contribution in [2.45, 2.75) is 6.42 Å². The summed E-state index contributed by atoms with van der Waals surface area (Å²) in [5.41, 5.74) is 2.33. The van der Waals surface area contributed by atoms with Gasteiger partial charge in [0.15, 0.2) is 23.0 Å². The molecular formula is C21H21NO6. The van der Waals surface area contributed by atoms with Crippen molar-refractivity contribution in [1.82, 2.24) is 0 Å². The van der Waals surface area contributed by atoms with Crippen molar-refractivity contribution in [3.63, 3.8) is 0 Å². The summed E-state index contributed by atoms with van der Waals surface area (Å²) < 4.78 is 26.9. The van der Waals surface area contributed by atoms with Crippen LogP contribution < -0.4 is 28.6 Å². The molecular weight excluding hydrogens is 362 g/mol. The van der Waals surface area contributed by atoms with Gasteiger partial charge in [0, 0.05) is 24.3 Å². The molecule has 2 aromatic carbocycles. The zero-order valence-electron chi connectivity index (χ0n) is 16.0. The Morgan fingerprint density at radius 3 is 2.36 bits per heavy atom. The van der Waals surface area contributed by atoms with Gasteiger partial charge in [0.2, 0.25) is 12.5 Å². The van der Waals surface area contributed by atoms with Crippen LogP contribution in [-0.2, 0) is 4.79 Å². The van der Waals surface area contributed by atoms with Crippen LogP contribution in [0.1, 0.15) is 12.0 Å². The third-order valence-corrected chi connectivity index (χ3v) is 4.82. The maximum atomic E-state index is 13.0. The first kappa shape index (κ1) is 18.0. The standard InChI is InChI=1S/C21H21NO6/c1-24-18-10-15(11-19(25-2)20(18)26-3)22-7-6-14(21(22)23)8-13-4-5-16-17(9-13)28-12-27-16/h4-5,8-11H,6-7,12H2,1-3H3. The number of methoxy groups -OCH3 is 3. The number of rotatable bonds is 5. The summed E-state index contributed by atoms with van der Waals surface area (Å²) >= 11 is 0. The van der Waals surface area contributed by atoms with Crippen LogP contribution in [0.25, 0.3) is 6.08 Å². The molecule has 2 aliphatic heterocycles. The molecule has 0 aliphatic carbocycles. The molecule has 0 saturated carbocycles. The van der Waals surface area contributed by atoms with Gasteiger partial charge in [-0.25, -0.2) is 0 Å². The number of amides is 1. The minimum absolute atomic E-state index is 0.0491. The van der Waals surface area contributed by atoms with Crippen LogP contribution in [0.5, 0.6) is 28.7 Å². The number of fused-ring (bicyclic) bond motifs is 1. The number of anilines is 1. The van der Waals surface area contributed by atoms with Crippen LogP contribution >= 0.6 is 0 Å². The highest BCUT2D eigenvalue weighted by molar-refractivity contribution is 6.11. The second kappa shape index (κ2) is 7.34. The highest BCUT2D eigenvalue weighted by Crippen LogP contribution is 2.42. The lowest BCUT2D eigenvalue weighted by Gasteiger charge is -2.19. The van der Waals surface area contributed by atoms with Gasteiger partial charge in [-0.3, -0.25) is 4.79 Å². The molecule has 2 aromatic rings. The fraction of sp³-hybridized carbons (Fsp3) is 0.286. The van der Waals surface area contributed by atoms with Gasteiger partial charge in [0.1, 0.15) is 0 Å². The Hall–Kier alpha value is -3.35. The summed E-state index contributed by atoms with van der Waals surface area (Å²) in [5.74, 6) is 2.89. The van der Waals surface area contributed by atoms with E-state index >= 15 is 0 Å². The van der Waals surface area contributed by atoms with E-state index in [2.05, 4.69) is 0 Å². The first-order valence-corrected chi connectivity index (χ1v) is 8.86. The summed E-state index contributed by atoms with van der Waals surface area (Å²) in [5, 5.41) is 0. The number of hydrogen-bond donors (Lipinski definition) is 0. The lowest BCUT2D eigenvalue weighted by atomic mass is 10.1. The zero-order chi connectivity index (χ0) is 19.7. The van der Waals surface area contributed by atoms with E-state index in [1.165, 1.54) is 0 Å². The molecule has 2 aliphatic rings. The van der Waals surface area contributed by atoms with Crippen LogP contribution in [-0.4, -0.2) is 40.6 Å². The molecule has 0 spiro atoms. The first-order chi connectivity index (χ1) is 13.6. The number of hydrogen-bond acceptors (Lipinski definition) is 6. The molecule has 0 aromatic heterocycles. The van der Waals surface area contributed by atoms with Gasteiger partial charge in [-0.05, 0) is 30.2 Å². The van der Waals surface area contributed by atoms with Gasteiger partial charge < -0.3 is 28.6 Å². The predicted molar refractivity (Wildman–Crippen MR) is 104 cm³/mol. The quantitative estimate of drug-likeness (QED) is 0.739. The van der Waals surface area contributed by atoms with Crippen molar-refractivity contribution in [2.24, 2.45) is 0 Å². The molecule has 146 valence electrons. The summed E-state index contributed by atoms with van der Waals surface area (Å²) in [7, 11) is 4.66. The fourth-order valence-electron chi connectivity index (χ4n) is 3.42. The Kier molecular flexibility index (Phi) is 4.73. The summed E-state index contributed by atoms with van der Waals surface area (Å²) in [4.78, 5) is 14.7. The predicted octanol–water partition coefficient (Wildman–Crippen LogP) is 3.26. The van der Waals surface area contributed by atoms with Crippen molar-refractivity contribution in [1.29, 1.82) is 0 Å². The maximum Gasteiger partial charge on any atom is 0.254 e. The summed E-state index contributed by atoms with van der Waals surface area (Å²) in [6.07, 6.45) is 2.53. The highest BCUT2D eigenvalue weighted by Gasteiger charge is 2.29. The molecule has 0 bridgehead atoms. The van der Waals surface area contributed by atoms with Crippen LogP contribution in [0.2, 0.25) is 0 Å². The monoisotopic (exact) mass is 383 g/mol. The average molecular weight is 383 g/mol. The van der Waals surface area contributed by atoms with E-state index in [0.717, 1.165) is 16.9 Å². The SMILES string of the molecule is COc1cc(N2CCC(=Cc3ccc4c(c3)OCO4)C2=O)cc(OC)c1OC. The molecule has 7 nitrogen and oxygen atoms in total. The zero-order valence-corrected chi connectivity index (χ0v) is 16.0. The molecule has 0 atom stereocenters. The lowest BCUT2D eigenvalue weighted by molar-refractivity contribution is -0.114. The highest BCUT2D eigenvalue weighted by atomic mass is 16.7. The van der Waals surface area contributed by atoms with Gasteiger partial charge in [-0.2, -0.15) is 0 Å². The minimum Gasteiger partial charge on any atom is -0.493 e. The van der Waals surface area contributed by atoms with E-state index in [1.54, 1.807) is 38.4 Å². The third-order valence-electron chi connectivity index (χ3n) is 4.82. The smallest absolute Gasteiger partial charge is 0.254 e. The Bertz CT molecular complexity index is 927. The van der Waals surface area contributed by atoms with E-state index < -0.39 is 0 Å². The van der Waals surface area contributed by atoms with Crippen LogP contribution in [0, 0.1) is 0 Å². The molecule has 1 fully saturated rings. The maximum absolute atomic E-state index is 13.0. The molecule has 0 unspecified atom stereocenters. The van der Waals surface area contributed by atoms with Crippen LogP contribution in [0.15, 0.2) is 35.9 Å². The molecule has 2 heterocycles. The largest absolute Gasteiger partial charge is 0.493 e. The van der Waals surface area contributed by atoms with Crippen molar-refractivity contribution in [3.05, 3.63) is 41.5 Å². The second-order valence-electron chi connectivity index (χ2n) is 6.37. The summed E-state index contributed by atoms with van der Waals surface area (Å²) in [6.45, 7) is 0.803. The summed E-state index contributed by atoms with van der Waals surface area (Å²) in [6, 6.07) is 9.21. The molecule has 1 amide bonds. The van der Waals surface area contributed by atoms with Gasteiger partial charge in [-0.15, -0.1) is 0 Å². The molecule has 4 rings (SSSR count). The number of carbonyl (C=O) groups excluding carboxylic acids is 1. The van der Waals surface area contributed by atoms with E-state index in [9.17, 15) is 4.79 Å². The van der Waals surface area contributed by atoms with E-state index in [4.69, 9.17) is 23.7 Å². The number of carbonyl (C=O) groups is 1. The van der Waals surface area contributed by atoms with E-state index in [-0.39, 0.29) is 12.7 Å². The van der Waals surface area contributed by atoms with E-state index in [1.807, 2.05) is 24.3 Å². The van der Waals surface area contributed by atoms with Crippen molar-refractivity contribution >= 4 is 17.7 Å². The molecule has 7 heteroatoms. The Morgan fingerprint density at radius 1 is 0.964 bits per heavy atom. The second-order valence-corrected chi connectivity index (χ2v) is 6.37. The molecule has 0 N–H and O–H groups in total. The Balaban J connectivity index is 1.62. The van der Waals surface area contributed by atoms with E-state index in [0.29, 0.717) is 41.7 Å². The third kappa shape index (κ3) is 3.09. The van der Waals surface area contributed by atoms with Gasteiger partial charge in [-0.1, -0.05) is 6.07 Å². The average Bonchev–Trinajstić information content (AvgIpc) is 3.33. The lowest BCUT2D eigenvalue weighted by Crippen LogP contribution is -2.24. The number of ether oxygens (including phenoxy) is 5. The van der Waals surface area contributed by atoms with Crippen molar-refractivity contribution in [3.8, 4) is 28.7 Å². The fourth-order valence-corrected chi connectivity index (χ4v) is 3.42. The van der Waals surface area contributed by atoms with Gasteiger partial charge >= 0.3 is 0 Å². The number of benzene rings is 2. The molecule has 28 heavy (non-hydrogen) atoms. The number of nitrogens with zero attached hydrogens (tertiary/aromatic N) is 1. The molecule has 1 saturated heterocycles. The minimum atomic E-state index is -0.0491. The Labute approximate surface area is 163 Å². The Morgan fingerprint density at radius 2 is 1.68 bits per heavy atom. The first-order valence-electron chi connectivity index (χ1n) is 8.86. The molecule has 0 radical (unpaired) electrons. The van der Waals surface area contributed by atoms with Crippen molar-refractivity contribution < 1.29 is 28.5 Å². The van der Waals surface area contributed by atoms with Crippen LogP contribution in [0.4, 0.5) is 5.69 Å². The van der Waals surface area contributed by atoms with Crippen molar-refractivity contribution in [2.75, 3.05) is 39.6 Å².